The van der Waals surface area contributed by atoms with Gasteiger partial charge in [-0.2, -0.15) is 0 Å². The first-order valence-corrected chi connectivity index (χ1v) is 3.63. The van der Waals surface area contributed by atoms with Crippen molar-refractivity contribution in [3.05, 3.63) is 29.3 Å². The van der Waals surface area contributed by atoms with E-state index >= 15 is 0 Å². The number of aromatic hydroxyl groups is 1. The maximum Gasteiger partial charge on any atom is 0.336 e. The van der Waals surface area contributed by atoms with Crippen LogP contribution in [0.3, 0.4) is 0 Å². The number of amides is 1. The van der Waals surface area contributed by atoms with E-state index in [4.69, 9.17) is 16.1 Å². The fourth-order valence-corrected chi connectivity index (χ4v) is 0.984. The van der Waals surface area contributed by atoms with Gasteiger partial charge in [0.2, 0.25) is 0 Å². The number of hydrazine groups is 1. The number of hydrogen-bond donors (Lipinski definition) is 4. The van der Waals surface area contributed by atoms with E-state index in [0.717, 1.165) is 12.1 Å². The van der Waals surface area contributed by atoms with Crippen LogP contribution in [0.1, 0.15) is 20.7 Å². The molecular weight excluding hydrogens is 188 g/mol. The van der Waals surface area contributed by atoms with Crippen molar-refractivity contribution in [1.82, 2.24) is 5.43 Å². The Bertz CT molecular complexity index is 389. The molecule has 0 aliphatic carbocycles. The molecule has 6 heteroatoms. The van der Waals surface area contributed by atoms with Gasteiger partial charge in [0.05, 0.1) is 11.1 Å². The Kier molecular flexibility index (Phi) is 2.68. The van der Waals surface area contributed by atoms with E-state index < -0.39 is 11.9 Å². The Morgan fingerprint density at radius 3 is 2.43 bits per heavy atom. The summed E-state index contributed by atoms with van der Waals surface area (Å²) in [6.45, 7) is 0. The summed E-state index contributed by atoms with van der Waals surface area (Å²) < 4.78 is 0. The first-order chi connectivity index (χ1) is 6.56. The Morgan fingerprint density at radius 1 is 1.29 bits per heavy atom. The average Bonchev–Trinajstić information content (AvgIpc) is 2.16. The molecule has 74 valence electrons. The van der Waals surface area contributed by atoms with Crippen LogP contribution < -0.4 is 11.3 Å². The first kappa shape index (κ1) is 10.0. The summed E-state index contributed by atoms with van der Waals surface area (Å²) in [5.74, 6) is 2.62. The normalized spacial score (nSPS) is 9.50. The van der Waals surface area contributed by atoms with Gasteiger partial charge in [0.15, 0.2) is 0 Å². The average molecular weight is 196 g/mol. The van der Waals surface area contributed by atoms with E-state index in [1.54, 1.807) is 5.43 Å². The number of hydrogen-bond acceptors (Lipinski definition) is 4. The molecule has 1 aromatic rings. The summed E-state index contributed by atoms with van der Waals surface area (Å²) in [6.07, 6.45) is 0. The smallest absolute Gasteiger partial charge is 0.336 e. The van der Waals surface area contributed by atoms with Gasteiger partial charge in [-0.25, -0.2) is 10.6 Å². The van der Waals surface area contributed by atoms with Crippen molar-refractivity contribution in [2.75, 3.05) is 0 Å². The molecule has 0 heterocycles. The van der Waals surface area contributed by atoms with Crippen molar-refractivity contribution in [3.8, 4) is 5.75 Å². The van der Waals surface area contributed by atoms with E-state index in [0.29, 0.717) is 0 Å². The van der Waals surface area contributed by atoms with Gasteiger partial charge >= 0.3 is 5.97 Å². The summed E-state index contributed by atoms with van der Waals surface area (Å²) in [4.78, 5) is 21.7. The highest BCUT2D eigenvalue weighted by Gasteiger charge is 2.15. The van der Waals surface area contributed by atoms with Crippen molar-refractivity contribution in [1.29, 1.82) is 0 Å². The monoisotopic (exact) mass is 196 g/mol. The van der Waals surface area contributed by atoms with Gasteiger partial charge in [0, 0.05) is 0 Å². The molecule has 0 atom stereocenters. The Morgan fingerprint density at radius 2 is 1.93 bits per heavy atom. The lowest BCUT2D eigenvalue weighted by molar-refractivity contribution is 0.0691. The highest BCUT2D eigenvalue weighted by atomic mass is 16.4. The number of phenolic OH excluding ortho intramolecular Hbond substituents is 1. The summed E-state index contributed by atoms with van der Waals surface area (Å²) in [5.41, 5.74) is 1.39. The van der Waals surface area contributed by atoms with Crippen molar-refractivity contribution >= 4 is 11.9 Å². The maximum atomic E-state index is 11.1. The number of nitrogens with two attached hydrogens (primary N) is 1. The number of aromatic carboxylic acids is 1. The van der Waals surface area contributed by atoms with E-state index in [2.05, 4.69) is 0 Å². The molecule has 6 nitrogen and oxygen atoms in total. The molecule has 0 aliphatic heterocycles. The van der Waals surface area contributed by atoms with Crippen LogP contribution in [0.4, 0.5) is 0 Å². The number of carboxylic acid groups (broad SMARTS) is 1. The fraction of sp³-hybridized carbons (Fsp3) is 0. The van der Waals surface area contributed by atoms with Gasteiger partial charge in [0.1, 0.15) is 5.75 Å². The van der Waals surface area contributed by atoms with Crippen molar-refractivity contribution in [2.45, 2.75) is 0 Å². The summed E-state index contributed by atoms with van der Waals surface area (Å²) >= 11 is 0. The van der Waals surface area contributed by atoms with E-state index in [-0.39, 0.29) is 16.9 Å². The number of phenols is 1. The molecule has 0 saturated heterocycles. The number of carbonyl (C=O) groups is 2. The molecule has 14 heavy (non-hydrogen) atoms. The predicted molar refractivity (Wildman–Crippen MR) is 46.7 cm³/mol. The molecule has 0 unspecified atom stereocenters. The van der Waals surface area contributed by atoms with Gasteiger partial charge in [-0.15, -0.1) is 0 Å². The zero-order valence-electron chi connectivity index (χ0n) is 7.02. The zero-order valence-corrected chi connectivity index (χ0v) is 7.02. The largest absolute Gasteiger partial charge is 0.508 e. The lowest BCUT2D eigenvalue weighted by Gasteiger charge is -2.04. The highest BCUT2D eigenvalue weighted by molar-refractivity contribution is 6.04. The molecule has 0 aliphatic rings. The molecule has 0 spiro atoms. The van der Waals surface area contributed by atoms with Crippen LogP contribution in [0.15, 0.2) is 18.2 Å². The van der Waals surface area contributed by atoms with Crippen LogP contribution >= 0.6 is 0 Å². The Balaban J connectivity index is 3.29. The summed E-state index contributed by atoms with van der Waals surface area (Å²) in [6, 6.07) is 3.34. The van der Waals surface area contributed by atoms with Crippen molar-refractivity contribution in [2.24, 2.45) is 5.84 Å². The molecule has 0 bridgehead atoms. The van der Waals surface area contributed by atoms with E-state index in [1.807, 2.05) is 0 Å². The molecule has 0 fully saturated rings. The van der Waals surface area contributed by atoms with E-state index in [1.165, 1.54) is 6.07 Å². The van der Waals surface area contributed by atoms with Gasteiger partial charge < -0.3 is 10.2 Å². The van der Waals surface area contributed by atoms with Gasteiger partial charge in [-0.05, 0) is 18.2 Å². The lowest BCUT2D eigenvalue weighted by atomic mass is 10.1. The second-order valence-corrected chi connectivity index (χ2v) is 2.51. The highest BCUT2D eigenvalue weighted by Crippen LogP contribution is 2.16. The van der Waals surface area contributed by atoms with Crippen LogP contribution in [-0.2, 0) is 0 Å². The van der Waals surface area contributed by atoms with Crippen molar-refractivity contribution < 1.29 is 19.8 Å². The second kappa shape index (κ2) is 3.75. The molecular formula is C8H8N2O4. The quantitative estimate of drug-likeness (QED) is 0.294. The van der Waals surface area contributed by atoms with Crippen molar-refractivity contribution in [3.63, 3.8) is 0 Å². The Hall–Kier alpha value is -2.08. The summed E-state index contributed by atoms with van der Waals surface area (Å²) in [7, 11) is 0. The van der Waals surface area contributed by atoms with Crippen LogP contribution in [0.25, 0.3) is 0 Å². The third-order valence-corrected chi connectivity index (χ3v) is 1.61. The molecule has 0 aromatic heterocycles. The number of carboxylic acids is 1. The molecule has 0 radical (unpaired) electrons. The van der Waals surface area contributed by atoms with Crippen LogP contribution in [0.5, 0.6) is 5.75 Å². The number of rotatable bonds is 2. The van der Waals surface area contributed by atoms with Crippen LogP contribution in [0, 0.1) is 0 Å². The number of carbonyl (C=O) groups excluding carboxylic acids is 1. The predicted octanol–water partition coefficient (Wildman–Crippen LogP) is -0.306. The SMILES string of the molecule is NNC(=O)c1cc(O)ccc1C(=O)O. The zero-order chi connectivity index (χ0) is 10.7. The topological polar surface area (TPSA) is 113 Å². The third-order valence-electron chi connectivity index (χ3n) is 1.61. The third kappa shape index (κ3) is 1.80. The van der Waals surface area contributed by atoms with Gasteiger partial charge in [0.25, 0.3) is 5.91 Å². The molecule has 1 aromatic carbocycles. The molecule has 1 amide bonds. The number of nitrogens with one attached hydrogen (secondary N) is 1. The lowest BCUT2D eigenvalue weighted by Crippen LogP contribution is -2.31. The van der Waals surface area contributed by atoms with Gasteiger partial charge in [-0.3, -0.25) is 10.2 Å². The van der Waals surface area contributed by atoms with Gasteiger partial charge in [-0.1, -0.05) is 0 Å². The minimum absolute atomic E-state index is 0.181. The molecule has 0 saturated carbocycles. The van der Waals surface area contributed by atoms with Crippen LogP contribution in [0.2, 0.25) is 0 Å². The maximum absolute atomic E-state index is 11.1. The second-order valence-electron chi connectivity index (χ2n) is 2.51. The summed E-state index contributed by atoms with van der Waals surface area (Å²) in [5, 5.41) is 17.7. The van der Waals surface area contributed by atoms with E-state index in [9.17, 15) is 9.59 Å². The standard InChI is InChI=1S/C8H8N2O4/c9-10-7(12)6-3-4(11)1-2-5(6)8(13)14/h1-3,11H,9H2,(H,10,12)(H,13,14). The molecule has 1 rings (SSSR count). The fourth-order valence-electron chi connectivity index (χ4n) is 0.984. The van der Waals surface area contributed by atoms with Crippen LogP contribution in [-0.4, -0.2) is 22.1 Å². The Labute approximate surface area is 78.9 Å². The number of benzene rings is 1. The number of nitrogen functional groups attached to an aromatic ring is 1. The minimum Gasteiger partial charge on any atom is -0.508 e. The first-order valence-electron chi connectivity index (χ1n) is 3.63. The molecule has 5 N–H and O–H groups in total. The minimum atomic E-state index is -1.26.